The molecular formula is C38H34FN5O4. The van der Waals surface area contributed by atoms with Gasteiger partial charge in [-0.2, -0.15) is 0 Å². The van der Waals surface area contributed by atoms with Crippen molar-refractivity contribution >= 4 is 22.1 Å². The van der Waals surface area contributed by atoms with E-state index in [0.29, 0.717) is 40.2 Å². The van der Waals surface area contributed by atoms with Crippen LogP contribution in [0.2, 0.25) is 0 Å². The van der Waals surface area contributed by atoms with E-state index in [2.05, 4.69) is 10.9 Å². The minimum absolute atomic E-state index is 0.0791. The van der Waals surface area contributed by atoms with E-state index >= 15 is 0 Å². The van der Waals surface area contributed by atoms with Gasteiger partial charge in [-0.1, -0.05) is 18.1 Å². The SMILES string of the molecule is C#Cc1ccc(Cn2c(=O)oc3cc(-c4c(-c5ccnc(C)c5)c(CCC5CCOCC5)nc5c4c(=O)n4n5CCC4)ccc32)cc1F. The minimum atomic E-state index is -0.562. The highest BCUT2D eigenvalue weighted by atomic mass is 19.1. The first-order chi connectivity index (χ1) is 23.4. The number of halogens is 1. The Morgan fingerprint density at radius 3 is 2.60 bits per heavy atom. The standard InChI is InChI=1S/C38H34FN5O4/c1-3-26-7-5-25(20-29(26)39)22-42-31-10-8-27(21-32(31)48-38(42)46)34-33(28-11-14-40-23(2)19-28)30(9-6-24-12-17-47-18-13-24)41-36-35(34)37(45)44-16-4-15-43(36)44/h1,5,7-8,10-11,14,19-21,24H,4,6,9,12-13,15-18,22H2,2H3. The molecule has 2 aliphatic rings. The zero-order valence-corrected chi connectivity index (χ0v) is 26.7. The maximum Gasteiger partial charge on any atom is 0.420 e. The molecule has 0 saturated carbocycles. The van der Waals surface area contributed by atoms with Gasteiger partial charge in [-0.3, -0.25) is 19.0 Å². The number of fused-ring (bicyclic) bond motifs is 4. The van der Waals surface area contributed by atoms with Gasteiger partial charge in [-0.15, -0.1) is 6.42 Å². The number of pyridine rings is 2. The summed E-state index contributed by atoms with van der Waals surface area (Å²) < 4.78 is 31.1. The van der Waals surface area contributed by atoms with Gasteiger partial charge in [0, 0.05) is 49.3 Å². The maximum atomic E-state index is 14.5. The van der Waals surface area contributed by atoms with E-state index < -0.39 is 11.6 Å². The average molecular weight is 644 g/mol. The highest BCUT2D eigenvalue weighted by molar-refractivity contribution is 6.03. The molecule has 6 heterocycles. The summed E-state index contributed by atoms with van der Waals surface area (Å²) in [6.45, 7) is 4.97. The molecule has 0 N–H and O–H groups in total. The number of aryl methyl sites for hydroxylation is 3. The molecule has 8 rings (SSSR count). The normalized spacial score (nSPS) is 14.9. The predicted molar refractivity (Wildman–Crippen MR) is 181 cm³/mol. The number of nitrogens with zero attached hydrogens (tertiary/aromatic N) is 5. The summed E-state index contributed by atoms with van der Waals surface area (Å²) >= 11 is 0. The van der Waals surface area contributed by atoms with Gasteiger partial charge in [0.2, 0.25) is 0 Å². The van der Waals surface area contributed by atoms with Crippen LogP contribution in [-0.4, -0.2) is 37.1 Å². The van der Waals surface area contributed by atoms with E-state index in [1.165, 1.54) is 16.7 Å². The van der Waals surface area contributed by atoms with Gasteiger partial charge in [-0.05, 0) is 98.0 Å². The Morgan fingerprint density at radius 2 is 1.81 bits per heavy atom. The van der Waals surface area contributed by atoms with Crippen molar-refractivity contribution in [3.63, 3.8) is 0 Å². The van der Waals surface area contributed by atoms with E-state index in [-0.39, 0.29) is 17.7 Å². The number of benzene rings is 2. The number of aromatic nitrogens is 5. The molecule has 4 aromatic heterocycles. The van der Waals surface area contributed by atoms with Crippen LogP contribution < -0.4 is 11.3 Å². The largest absolute Gasteiger partial charge is 0.420 e. The molecule has 0 amide bonds. The first-order valence-electron chi connectivity index (χ1n) is 16.5. The Kier molecular flexibility index (Phi) is 7.57. The summed E-state index contributed by atoms with van der Waals surface area (Å²) in [6.07, 6.45) is 11.8. The van der Waals surface area contributed by atoms with E-state index in [4.69, 9.17) is 20.6 Å². The van der Waals surface area contributed by atoms with Crippen molar-refractivity contribution in [3.05, 3.63) is 104 Å². The molecule has 242 valence electrons. The zero-order valence-electron chi connectivity index (χ0n) is 26.7. The average Bonchev–Trinajstić information content (AvgIpc) is 3.77. The second-order valence-electron chi connectivity index (χ2n) is 12.8. The Morgan fingerprint density at radius 1 is 1.00 bits per heavy atom. The fraction of sp³-hybridized carbons (Fsp3) is 0.316. The van der Waals surface area contributed by atoms with Crippen LogP contribution in [0.4, 0.5) is 4.39 Å². The van der Waals surface area contributed by atoms with Crippen molar-refractivity contribution in [3.8, 4) is 34.6 Å². The summed E-state index contributed by atoms with van der Waals surface area (Å²) in [6, 6.07) is 14.2. The summed E-state index contributed by atoms with van der Waals surface area (Å²) in [7, 11) is 0. The predicted octanol–water partition coefficient (Wildman–Crippen LogP) is 6.07. The molecular weight excluding hydrogens is 609 g/mol. The minimum Gasteiger partial charge on any atom is -0.408 e. The van der Waals surface area contributed by atoms with Gasteiger partial charge in [0.15, 0.2) is 11.2 Å². The quantitative estimate of drug-likeness (QED) is 0.196. The number of rotatable bonds is 7. The van der Waals surface area contributed by atoms with Crippen LogP contribution in [0.5, 0.6) is 0 Å². The van der Waals surface area contributed by atoms with E-state index in [1.807, 2.05) is 41.9 Å². The van der Waals surface area contributed by atoms with Crippen LogP contribution in [0.15, 0.2) is 68.7 Å². The molecule has 48 heavy (non-hydrogen) atoms. The summed E-state index contributed by atoms with van der Waals surface area (Å²) in [4.78, 5) is 37.0. The van der Waals surface area contributed by atoms with Crippen molar-refractivity contribution < 1.29 is 13.5 Å². The van der Waals surface area contributed by atoms with E-state index in [0.717, 1.165) is 85.5 Å². The van der Waals surface area contributed by atoms with Gasteiger partial charge < -0.3 is 9.15 Å². The summed E-state index contributed by atoms with van der Waals surface area (Å²) in [5.74, 6) is 1.78. The smallest absolute Gasteiger partial charge is 0.408 e. The molecule has 0 bridgehead atoms. The summed E-state index contributed by atoms with van der Waals surface area (Å²) in [5, 5.41) is 0.555. The van der Waals surface area contributed by atoms with Gasteiger partial charge in [0.1, 0.15) is 5.82 Å². The molecule has 1 saturated heterocycles. The second kappa shape index (κ2) is 12.1. The lowest BCUT2D eigenvalue weighted by Gasteiger charge is -2.23. The number of hydrogen-bond acceptors (Lipinski definition) is 6. The Balaban J connectivity index is 1.32. The molecule has 0 radical (unpaired) electrons. The zero-order chi connectivity index (χ0) is 32.9. The fourth-order valence-electron chi connectivity index (χ4n) is 7.37. The molecule has 2 aromatic carbocycles. The third-order valence-corrected chi connectivity index (χ3v) is 9.78. The van der Waals surface area contributed by atoms with E-state index in [9.17, 15) is 14.0 Å². The van der Waals surface area contributed by atoms with Gasteiger partial charge >= 0.3 is 5.76 Å². The van der Waals surface area contributed by atoms with Crippen molar-refractivity contribution in [1.82, 2.24) is 23.9 Å². The lowest BCUT2D eigenvalue weighted by atomic mass is 9.87. The number of terminal acetylenes is 1. The van der Waals surface area contributed by atoms with Gasteiger partial charge in [0.05, 0.1) is 28.7 Å². The highest BCUT2D eigenvalue weighted by Crippen LogP contribution is 2.41. The van der Waals surface area contributed by atoms with Crippen LogP contribution in [0, 0.1) is 31.0 Å². The van der Waals surface area contributed by atoms with E-state index in [1.54, 1.807) is 16.9 Å². The van der Waals surface area contributed by atoms with Crippen molar-refractivity contribution in [2.75, 3.05) is 13.2 Å². The Labute approximate surface area is 275 Å². The summed E-state index contributed by atoms with van der Waals surface area (Å²) in [5.41, 5.74) is 7.42. The van der Waals surface area contributed by atoms with Crippen LogP contribution >= 0.6 is 0 Å². The molecule has 2 aliphatic heterocycles. The molecule has 6 aromatic rings. The van der Waals surface area contributed by atoms with Crippen LogP contribution in [0.1, 0.15) is 48.2 Å². The van der Waals surface area contributed by atoms with Crippen molar-refractivity contribution in [2.24, 2.45) is 5.92 Å². The van der Waals surface area contributed by atoms with Crippen LogP contribution in [0.25, 0.3) is 44.4 Å². The first-order valence-corrected chi connectivity index (χ1v) is 16.5. The van der Waals surface area contributed by atoms with Gasteiger partial charge in [-0.25, -0.2) is 18.9 Å². The third kappa shape index (κ3) is 5.15. The molecule has 9 nitrogen and oxygen atoms in total. The molecule has 1 fully saturated rings. The fourth-order valence-corrected chi connectivity index (χ4v) is 7.37. The Hall–Kier alpha value is -5.27. The lowest BCUT2D eigenvalue weighted by molar-refractivity contribution is 0.0639. The van der Waals surface area contributed by atoms with Gasteiger partial charge in [0.25, 0.3) is 5.56 Å². The third-order valence-electron chi connectivity index (χ3n) is 9.78. The number of oxazole rings is 1. The molecule has 10 heteroatoms. The lowest BCUT2D eigenvalue weighted by Crippen LogP contribution is -2.17. The topological polar surface area (TPSA) is 97.1 Å². The van der Waals surface area contributed by atoms with Crippen molar-refractivity contribution in [1.29, 1.82) is 0 Å². The molecule has 0 unspecified atom stereocenters. The molecule has 0 spiro atoms. The second-order valence-corrected chi connectivity index (χ2v) is 12.8. The van der Waals surface area contributed by atoms with Crippen LogP contribution in [-0.2, 0) is 30.8 Å². The molecule has 0 aliphatic carbocycles. The van der Waals surface area contributed by atoms with Crippen LogP contribution in [0.3, 0.4) is 0 Å². The Bertz CT molecular complexity index is 2390. The van der Waals surface area contributed by atoms with Crippen molar-refractivity contribution in [2.45, 2.75) is 58.7 Å². The monoisotopic (exact) mass is 643 g/mol. The number of ether oxygens (including phenoxy) is 1. The first kappa shape index (κ1) is 30.1. The maximum absolute atomic E-state index is 14.5. The highest BCUT2D eigenvalue weighted by Gasteiger charge is 2.28. The molecule has 0 atom stereocenters. The number of hydrogen-bond donors (Lipinski definition) is 0.